The molecule has 1 saturated carbocycles. The van der Waals surface area contributed by atoms with E-state index in [9.17, 15) is 12.8 Å². The Bertz CT molecular complexity index is 589. The van der Waals surface area contributed by atoms with Gasteiger partial charge in [0.15, 0.2) is 0 Å². The van der Waals surface area contributed by atoms with Crippen molar-refractivity contribution >= 4 is 10.0 Å². The fourth-order valence-corrected chi connectivity index (χ4v) is 4.37. The Morgan fingerprint density at radius 2 is 2.05 bits per heavy atom. The van der Waals surface area contributed by atoms with E-state index in [0.717, 1.165) is 38.2 Å². The number of aliphatic hydroxyl groups excluding tert-OH is 1. The van der Waals surface area contributed by atoms with Crippen molar-refractivity contribution in [3.8, 4) is 0 Å². The van der Waals surface area contributed by atoms with E-state index in [2.05, 4.69) is 4.72 Å². The van der Waals surface area contributed by atoms with Gasteiger partial charge in [0.2, 0.25) is 10.0 Å². The number of aliphatic hydroxyl groups is 1. The van der Waals surface area contributed by atoms with Crippen LogP contribution in [0.5, 0.6) is 0 Å². The molecule has 0 spiro atoms. The minimum Gasteiger partial charge on any atom is -0.392 e. The van der Waals surface area contributed by atoms with Crippen LogP contribution in [-0.4, -0.2) is 19.6 Å². The zero-order valence-corrected chi connectivity index (χ0v) is 13.0. The predicted octanol–water partition coefficient (Wildman–Crippen LogP) is 2.57. The van der Waals surface area contributed by atoms with E-state index < -0.39 is 15.8 Å². The van der Waals surface area contributed by atoms with Gasteiger partial charge in [0.1, 0.15) is 10.7 Å². The largest absolute Gasteiger partial charge is 0.392 e. The summed E-state index contributed by atoms with van der Waals surface area (Å²) in [5, 5.41) is 8.95. The lowest BCUT2D eigenvalue weighted by molar-refractivity contribution is 0.280. The first kappa shape index (κ1) is 16.4. The van der Waals surface area contributed by atoms with Gasteiger partial charge < -0.3 is 5.11 Å². The van der Waals surface area contributed by atoms with Gasteiger partial charge in [-0.25, -0.2) is 17.5 Å². The summed E-state index contributed by atoms with van der Waals surface area (Å²) < 4.78 is 41.3. The zero-order chi connectivity index (χ0) is 15.5. The van der Waals surface area contributed by atoms with Crippen LogP contribution < -0.4 is 4.72 Å². The first-order valence-electron chi connectivity index (χ1n) is 7.39. The molecule has 2 atom stereocenters. The molecule has 0 amide bonds. The van der Waals surface area contributed by atoms with Gasteiger partial charge in [-0.2, -0.15) is 0 Å². The molecule has 1 aliphatic rings. The molecule has 0 radical (unpaired) electrons. The molecule has 21 heavy (non-hydrogen) atoms. The summed E-state index contributed by atoms with van der Waals surface area (Å²) in [5.41, 5.74) is 0.357. The Morgan fingerprint density at radius 3 is 2.67 bits per heavy atom. The van der Waals surface area contributed by atoms with Crippen LogP contribution in [0.2, 0.25) is 0 Å². The molecular weight excluding hydrogens is 293 g/mol. The van der Waals surface area contributed by atoms with Gasteiger partial charge in [-0.1, -0.05) is 32.3 Å². The maximum Gasteiger partial charge on any atom is 0.243 e. The highest BCUT2D eigenvalue weighted by molar-refractivity contribution is 7.89. The molecule has 1 aromatic rings. The maximum atomic E-state index is 13.9. The highest BCUT2D eigenvalue weighted by Crippen LogP contribution is 2.28. The molecule has 0 bridgehead atoms. The van der Waals surface area contributed by atoms with Crippen LogP contribution in [0.15, 0.2) is 23.1 Å². The predicted molar refractivity (Wildman–Crippen MR) is 78.7 cm³/mol. The van der Waals surface area contributed by atoms with Gasteiger partial charge in [-0.3, -0.25) is 0 Å². The average molecular weight is 315 g/mol. The summed E-state index contributed by atoms with van der Waals surface area (Å²) in [5.74, 6) is -0.508. The molecule has 1 fully saturated rings. The van der Waals surface area contributed by atoms with Gasteiger partial charge in [0.25, 0.3) is 0 Å². The SMILES string of the molecule is CCC1CCCCC1NS(=O)(=O)c1ccc(CO)cc1F. The van der Waals surface area contributed by atoms with E-state index in [-0.39, 0.29) is 17.5 Å². The Labute approximate surface area is 125 Å². The van der Waals surface area contributed by atoms with Crippen molar-refractivity contribution in [2.75, 3.05) is 0 Å². The molecule has 0 aliphatic heterocycles. The fraction of sp³-hybridized carbons (Fsp3) is 0.600. The van der Waals surface area contributed by atoms with Gasteiger partial charge in [-0.05, 0) is 36.5 Å². The molecule has 2 unspecified atom stereocenters. The summed E-state index contributed by atoms with van der Waals surface area (Å²) in [6.07, 6.45) is 4.84. The van der Waals surface area contributed by atoms with Gasteiger partial charge in [0.05, 0.1) is 6.61 Å². The molecule has 1 aromatic carbocycles. The van der Waals surface area contributed by atoms with Crippen LogP contribution in [0.1, 0.15) is 44.6 Å². The molecule has 6 heteroatoms. The topological polar surface area (TPSA) is 66.4 Å². The van der Waals surface area contributed by atoms with Crippen LogP contribution in [0.3, 0.4) is 0 Å². The van der Waals surface area contributed by atoms with Gasteiger partial charge >= 0.3 is 0 Å². The standard InChI is InChI=1S/C15H22FNO3S/c1-2-12-5-3-4-6-14(12)17-21(19,20)15-8-7-11(10-18)9-13(15)16/h7-9,12,14,17-18H,2-6,10H2,1H3. The quantitative estimate of drug-likeness (QED) is 0.877. The second-order valence-corrected chi connectivity index (χ2v) is 7.29. The molecule has 2 rings (SSSR count). The van der Waals surface area contributed by atoms with Crippen molar-refractivity contribution in [3.63, 3.8) is 0 Å². The third kappa shape index (κ3) is 3.81. The molecule has 2 N–H and O–H groups in total. The first-order chi connectivity index (χ1) is 9.97. The second kappa shape index (κ2) is 6.85. The number of rotatable bonds is 5. The molecule has 118 valence electrons. The van der Waals surface area contributed by atoms with Crippen LogP contribution >= 0.6 is 0 Å². The number of nitrogens with one attached hydrogen (secondary N) is 1. The van der Waals surface area contributed by atoms with Gasteiger partial charge in [0, 0.05) is 6.04 Å². The summed E-state index contributed by atoms with van der Waals surface area (Å²) in [6, 6.07) is 3.58. The first-order valence-corrected chi connectivity index (χ1v) is 8.88. The number of sulfonamides is 1. The molecule has 0 heterocycles. The van der Waals surface area contributed by atoms with Crippen molar-refractivity contribution in [3.05, 3.63) is 29.6 Å². The Kier molecular flexibility index (Phi) is 5.35. The lowest BCUT2D eigenvalue weighted by Crippen LogP contribution is -2.42. The lowest BCUT2D eigenvalue weighted by Gasteiger charge is -2.31. The molecule has 0 saturated heterocycles. The van der Waals surface area contributed by atoms with E-state index in [1.54, 1.807) is 0 Å². The maximum absolute atomic E-state index is 13.9. The molecule has 1 aliphatic carbocycles. The molecular formula is C15H22FNO3S. The molecule has 0 aromatic heterocycles. The fourth-order valence-electron chi connectivity index (χ4n) is 2.97. The summed E-state index contributed by atoms with van der Waals surface area (Å²) in [4.78, 5) is -0.347. The van der Waals surface area contributed by atoms with Crippen molar-refractivity contribution in [1.29, 1.82) is 0 Å². The number of hydrogen-bond donors (Lipinski definition) is 2. The zero-order valence-electron chi connectivity index (χ0n) is 12.2. The Hall–Kier alpha value is -0.980. The van der Waals surface area contributed by atoms with Crippen molar-refractivity contribution in [2.24, 2.45) is 5.92 Å². The van der Waals surface area contributed by atoms with Gasteiger partial charge in [-0.15, -0.1) is 0 Å². The van der Waals surface area contributed by atoms with Crippen LogP contribution in [0.25, 0.3) is 0 Å². The Balaban J connectivity index is 2.21. The third-order valence-corrected chi connectivity index (χ3v) is 5.73. The highest BCUT2D eigenvalue weighted by Gasteiger charge is 2.29. The van der Waals surface area contributed by atoms with E-state index >= 15 is 0 Å². The summed E-state index contributed by atoms with van der Waals surface area (Å²) in [7, 11) is -3.87. The van der Waals surface area contributed by atoms with Crippen LogP contribution in [0, 0.1) is 11.7 Å². The highest BCUT2D eigenvalue weighted by atomic mass is 32.2. The number of halogens is 1. The third-order valence-electron chi connectivity index (χ3n) is 4.21. The van der Waals surface area contributed by atoms with E-state index in [1.165, 1.54) is 12.1 Å². The number of hydrogen-bond acceptors (Lipinski definition) is 3. The van der Waals surface area contributed by atoms with Crippen LogP contribution in [-0.2, 0) is 16.6 Å². The number of benzene rings is 1. The summed E-state index contributed by atoms with van der Waals surface area (Å²) >= 11 is 0. The Morgan fingerprint density at radius 1 is 1.33 bits per heavy atom. The average Bonchev–Trinajstić information content (AvgIpc) is 2.47. The van der Waals surface area contributed by atoms with E-state index in [1.807, 2.05) is 6.92 Å². The van der Waals surface area contributed by atoms with Crippen molar-refractivity contribution < 1.29 is 17.9 Å². The van der Waals surface area contributed by atoms with E-state index in [4.69, 9.17) is 5.11 Å². The summed E-state index contributed by atoms with van der Waals surface area (Å²) in [6.45, 7) is 1.74. The molecule has 4 nitrogen and oxygen atoms in total. The smallest absolute Gasteiger partial charge is 0.243 e. The van der Waals surface area contributed by atoms with E-state index in [0.29, 0.717) is 11.5 Å². The van der Waals surface area contributed by atoms with Crippen molar-refractivity contribution in [1.82, 2.24) is 4.72 Å². The van der Waals surface area contributed by atoms with Crippen molar-refractivity contribution in [2.45, 2.75) is 56.6 Å². The van der Waals surface area contributed by atoms with Crippen LogP contribution in [0.4, 0.5) is 4.39 Å². The second-order valence-electron chi connectivity index (χ2n) is 5.60. The lowest BCUT2D eigenvalue weighted by atomic mass is 9.83. The minimum atomic E-state index is -3.87. The monoisotopic (exact) mass is 315 g/mol. The normalized spacial score (nSPS) is 23.2. The minimum absolute atomic E-state index is 0.120.